The molecule has 5 nitrogen and oxygen atoms in total. The third-order valence-corrected chi connectivity index (χ3v) is 4.75. The van der Waals surface area contributed by atoms with Crippen LogP contribution in [0.25, 0.3) is 0 Å². The van der Waals surface area contributed by atoms with Crippen LogP contribution in [0.2, 0.25) is 0 Å². The van der Waals surface area contributed by atoms with Crippen molar-refractivity contribution in [2.45, 2.75) is 37.8 Å². The van der Waals surface area contributed by atoms with Crippen molar-refractivity contribution in [1.82, 2.24) is 4.90 Å². The predicted molar refractivity (Wildman–Crippen MR) is 89.1 cm³/mol. The molecule has 1 aromatic rings. The Balaban J connectivity index is 2.13. The highest BCUT2D eigenvalue weighted by molar-refractivity contribution is 8.00. The van der Waals surface area contributed by atoms with Crippen molar-refractivity contribution in [1.29, 1.82) is 0 Å². The van der Waals surface area contributed by atoms with Crippen molar-refractivity contribution in [2.75, 3.05) is 25.0 Å². The first-order valence-electron chi connectivity index (χ1n) is 7.38. The zero-order valence-electron chi connectivity index (χ0n) is 12.8. The van der Waals surface area contributed by atoms with Crippen molar-refractivity contribution >= 4 is 23.1 Å². The van der Waals surface area contributed by atoms with Crippen LogP contribution in [-0.4, -0.2) is 40.0 Å². The van der Waals surface area contributed by atoms with Crippen LogP contribution in [0.4, 0.5) is 11.4 Å². The van der Waals surface area contributed by atoms with E-state index in [4.69, 9.17) is 0 Å². The summed E-state index contributed by atoms with van der Waals surface area (Å²) in [7, 11) is 0. The van der Waals surface area contributed by atoms with Gasteiger partial charge in [-0.2, -0.15) is 11.8 Å². The highest BCUT2D eigenvalue weighted by Crippen LogP contribution is 2.28. The third kappa shape index (κ3) is 4.35. The Morgan fingerprint density at radius 3 is 2.62 bits per heavy atom. The lowest BCUT2D eigenvalue weighted by Gasteiger charge is -2.34. The number of nitro groups is 1. The number of benzene rings is 1. The number of nitro benzene ring substituents is 1. The van der Waals surface area contributed by atoms with Gasteiger partial charge in [0.25, 0.3) is 5.69 Å². The van der Waals surface area contributed by atoms with Crippen LogP contribution >= 0.6 is 11.8 Å². The van der Waals surface area contributed by atoms with Gasteiger partial charge < -0.3 is 5.32 Å². The van der Waals surface area contributed by atoms with E-state index in [9.17, 15) is 10.1 Å². The molecule has 1 N–H and O–H groups in total. The van der Waals surface area contributed by atoms with E-state index in [1.807, 2.05) is 30.8 Å². The first kappa shape index (κ1) is 16.1. The number of thioether (sulfide) groups is 1. The van der Waals surface area contributed by atoms with Crippen LogP contribution in [-0.2, 0) is 6.54 Å². The lowest BCUT2D eigenvalue weighted by atomic mass is 10.1. The van der Waals surface area contributed by atoms with E-state index in [0.717, 1.165) is 25.2 Å². The second-order valence-corrected chi connectivity index (χ2v) is 7.47. The summed E-state index contributed by atoms with van der Waals surface area (Å²) >= 11 is 2.01. The molecule has 0 aromatic heterocycles. The number of hydrogen-bond acceptors (Lipinski definition) is 5. The van der Waals surface area contributed by atoms with E-state index in [1.165, 1.54) is 0 Å². The van der Waals surface area contributed by atoms with Gasteiger partial charge in [-0.15, -0.1) is 0 Å². The predicted octanol–water partition coefficient (Wildman–Crippen LogP) is 3.35. The fraction of sp³-hybridized carbons (Fsp3) is 0.600. The third-order valence-electron chi connectivity index (χ3n) is 3.53. The molecule has 0 aliphatic carbocycles. The highest BCUT2D eigenvalue weighted by Gasteiger charge is 2.23. The minimum atomic E-state index is -0.307. The van der Waals surface area contributed by atoms with Crippen LogP contribution in [0, 0.1) is 10.1 Å². The van der Waals surface area contributed by atoms with Gasteiger partial charge in [-0.1, -0.05) is 19.9 Å². The minimum absolute atomic E-state index is 0.168. The summed E-state index contributed by atoms with van der Waals surface area (Å²) in [6.07, 6.45) is 0. The van der Waals surface area contributed by atoms with Gasteiger partial charge in [0.1, 0.15) is 5.69 Å². The summed E-state index contributed by atoms with van der Waals surface area (Å²) in [4.78, 5) is 13.3. The molecule has 0 bridgehead atoms. The molecule has 1 fully saturated rings. The topological polar surface area (TPSA) is 58.4 Å². The zero-order valence-corrected chi connectivity index (χ0v) is 13.7. The maximum atomic E-state index is 11.2. The summed E-state index contributed by atoms with van der Waals surface area (Å²) in [5.41, 5.74) is 1.78. The molecule has 1 heterocycles. The SMILES string of the molecule is CCNc1ccc(CN2CC(C)SC(C)C2)cc1[N+](=O)[O-]. The minimum Gasteiger partial charge on any atom is -0.380 e. The van der Waals surface area contributed by atoms with Crippen molar-refractivity contribution in [3.8, 4) is 0 Å². The Morgan fingerprint density at radius 1 is 1.38 bits per heavy atom. The lowest BCUT2D eigenvalue weighted by molar-refractivity contribution is -0.384. The molecule has 0 radical (unpaired) electrons. The maximum absolute atomic E-state index is 11.2. The highest BCUT2D eigenvalue weighted by atomic mass is 32.2. The summed E-state index contributed by atoms with van der Waals surface area (Å²) in [6, 6.07) is 5.51. The average Bonchev–Trinajstić information content (AvgIpc) is 2.39. The number of hydrogen-bond donors (Lipinski definition) is 1. The van der Waals surface area contributed by atoms with E-state index in [-0.39, 0.29) is 10.6 Å². The molecule has 0 saturated carbocycles. The van der Waals surface area contributed by atoms with E-state index >= 15 is 0 Å². The van der Waals surface area contributed by atoms with E-state index in [0.29, 0.717) is 22.7 Å². The monoisotopic (exact) mass is 309 g/mol. The summed E-state index contributed by atoms with van der Waals surface area (Å²) in [5, 5.41) is 15.5. The fourth-order valence-corrected chi connectivity index (χ4v) is 4.23. The molecule has 0 spiro atoms. The maximum Gasteiger partial charge on any atom is 0.292 e. The summed E-state index contributed by atoms with van der Waals surface area (Å²) in [6.45, 7) is 9.95. The fourth-order valence-electron chi connectivity index (χ4n) is 2.84. The van der Waals surface area contributed by atoms with Crippen LogP contribution in [0.5, 0.6) is 0 Å². The molecule has 1 aliphatic heterocycles. The summed E-state index contributed by atoms with van der Waals surface area (Å²) in [5.74, 6) is 0. The molecule has 116 valence electrons. The quantitative estimate of drug-likeness (QED) is 0.667. The molecule has 1 aromatic carbocycles. The number of nitrogens with zero attached hydrogens (tertiary/aromatic N) is 2. The van der Waals surface area contributed by atoms with E-state index < -0.39 is 0 Å². The lowest BCUT2D eigenvalue weighted by Crippen LogP contribution is -2.39. The Morgan fingerprint density at radius 2 is 2.05 bits per heavy atom. The normalized spacial score (nSPS) is 23.0. The van der Waals surface area contributed by atoms with Crippen molar-refractivity contribution in [2.24, 2.45) is 0 Å². The van der Waals surface area contributed by atoms with Crippen LogP contribution in [0.3, 0.4) is 0 Å². The Labute approximate surface area is 130 Å². The van der Waals surface area contributed by atoms with Crippen LogP contribution in [0.1, 0.15) is 26.3 Å². The Hall–Kier alpha value is -1.27. The van der Waals surface area contributed by atoms with E-state index in [1.54, 1.807) is 6.07 Å². The van der Waals surface area contributed by atoms with Crippen LogP contribution < -0.4 is 5.32 Å². The number of anilines is 1. The van der Waals surface area contributed by atoms with Gasteiger partial charge in [-0.25, -0.2) is 0 Å². The molecule has 1 saturated heterocycles. The van der Waals surface area contributed by atoms with E-state index in [2.05, 4.69) is 24.1 Å². The molecule has 2 unspecified atom stereocenters. The Kier molecular flexibility index (Phi) is 5.47. The second-order valence-electron chi connectivity index (χ2n) is 5.59. The number of rotatable bonds is 5. The first-order valence-corrected chi connectivity index (χ1v) is 8.33. The van der Waals surface area contributed by atoms with Gasteiger partial charge >= 0.3 is 0 Å². The molecular weight excluding hydrogens is 286 g/mol. The average molecular weight is 309 g/mol. The molecule has 0 amide bonds. The zero-order chi connectivity index (χ0) is 15.4. The molecule has 2 rings (SSSR count). The standard InChI is InChI=1S/C15H23N3O2S/c1-4-16-14-6-5-13(7-15(14)18(19)20)10-17-8-11(2)21-12(3)9-17/h5-7,11-12,16H,4,8-10H2,1-3H3. The molecular formula is C15H23N3O2S. The van der Waals surface area contributed by atoms with Gasteiger partial charge in [0, 0.05) is 42.7 Å². The van der Waals surface area contributed by atoms with Gasteiger partial charge in [-0.05, 0) is 18.6 Å². The van der Waals surface area contributed by atoms with Gasteiger partial charge in [-0.3, -0.25) is 15.0 Å². The molecule has 21 heavy (non-hydrogen) atoms. The molecule has 1 aliphatic rings. The molecule has 2 atom stereocenters. The van der Waals surface area contributed by atoms with Crippen LogP contribution in [0.15, 0.2) is 18.2 Å². The second kappa shape index (κ2) is 7.13. The van der Waals surface area contributed by atoms with Crippen molar-refractivity contribution in [3.63, 3.8) is 0 Å². The largest absolute Gasteiger partial charge is 0.380 e. The smallest absolute Gasteiger partial charge is 0.292 e. The first-order chi connectivity index (χ1) is 9.99. The number of nitrogens with one attached hydrogen (secondary N) is 1. The van der Waals surface area contributed by atoms with Gasteiger partial charge in [0.15, 0.2) is 0 Å². The summed E-state index contributed by atoms with van der Waals surface area (Å²) < 4.78 is 0. The Bertz CT molecular complexity index is 500. The van der Waals surface area contributed by atoms with Gasteiger partial charge in [0.05, 0.1) is 4.92 Å². The molecule has 6 heteroatoms. The van der Waals surface area contributed by atoms with Gasteiger partial charge in [0.2, 0.25) is 0 Å². The van der Waals surface area contributed by atoms with Crippen molar-refractivity contribution in [3.05, 3.63) is 33.9 Å². The van der Waals surface area contributed by atoms with Crippen molar-refractivity contribution < 1.29 is 4.92 Å².